The lowest BCUT2D eigenvalue weighted by atomic mass is 13.4. The van der Waals surface area contributed by atoms with E-state index >= 15 is 0 Å². The van der Waals surface area contributed by atoms with Crippen molar-refractivity contribution >= 4 is 24.8 Å². The number of halogens is 2. The highest BCUT2D eigenvalue weighted by Crippen LogP contribution is 1.25. The van der Waals surface area contributed by atoms with E-state index < -0.39 is 0 Å². The molecular weight excluding hydrogens is 163 g/mol. The van der Waals surface area contributed by atoms with Gasteiger partial charge in [-0.3, -0.25) is 0 Å². The highest BCUT2D eigenvalue weighted by molar-refractivity contribution is 5.85. The van der Waals surface area contributed by atoms with Crippen LogP contribution in [0.3, 0.4) is 0 Å². The maximum Gasteiger partial charge on any atom is 0.152 e. The first kappa shape index (κ1) is 26.3. The van der Waals surface area contributed by atoms with Crippen LogP contribution < -0.4 is 0 Å². The predicted octanol–water partition coefficient (Wildman–Crippen LogP) is 1.13. The van der Waals surface area contributed by atoms with Gasteiger partial charge in [-0.15, -0.1) is 34.6 Å². The van der Waals surface area contributed by atoms with Crippen molar-refractivity contribution in [3.63, 3.8) is 0 Å². The Kier molecular flexibility index (Phi) is 319. The molecule has 0 bridgehead atoms. The third-order valence-corrected chi connectivity index (χ3v) is 0. The van der Waals surface area contributed by atoms with Gasteiger partial charge in [0.15, 0.2) is 10.7 Å². The lowest BCUT2D eigenvalue weighted by Crippen LogP contribution is -1.25. The predicted molar refractivity (Wildman–Crippen MR) is 29.7 cm³/mol. The molecule has 0 aromatic carbocycles. The van der Waals surface area contributed by atoms with Gasteiger partial charge in [0, 0.05) is 0 Å². The van der Waals surface area contributed by atoms with Gasteiger partial charge in [-0.1, -0.05) is 0 Å². The topological polar surface area (TPSA) is 99.3 Å². The molecule has 6 nitrogen and oxygen atoms in total. The Morgan fingerprint density at radius 3 is 0.875 bits per heavy atom. The van der Waals surface area contributed by atoms with Crippen LogP contribution in [0.15, 0.2) is 10.7 Å². The highest BCUT2D eigenvalue weighted by atomic mass is 35.5. The van der Waals surface area contributed by atoms with Crippen molar-refractivity contribution in [2.45, 2.75) is 0 Å². The van der Waals surface area contributed by atoms with E-state index in [9.17, 15) is 0 Å². The molecule has 0 aliphatic rings. The first-order chi connectivity index (χ1) is 2.83. The quantitative estimate of drug-likeness (QED) is 0.417. The zero-order valence-electron chi connectivity index (χ0n) is 3.42. The molecule has 0 fully saturated rings. The standard InChI is InChI=1S/2ClH.2HNO2/c;;2*2-1-3/h2*1H;2*(H,2,3). The summed E-state index contributed by atoms with van der Waals surface area (Å²) in [6.07, 6.45) is 0. The molecule has 0 radical (unpaired) electrons. The molecule has 0 aromatic rings. The van der Waals surface area contributed by atoms with Crippen molar-refractivity contribution < 1.29 is 10.4 Å². The van der Waals surface area contributed by atoms with E-state index in [2.05, 4.69) is 0 Å². The summed E-state index contributed by atoms with van der Waals surface area (Å²) in [6.45, 7) is 0. The molecule has 0 rings (SSSR count). The fraction of sp³-hybridized carbons (Fsp3) is 0. The van der Waals surface area contributed by atoms with Crippen LogP contribution in [0.2, 0.25) is 0 Å². The maximum absolute atomic E-state index is 8.11. The Labute approximate surface area is 56.6 Å². The molecule has 0 heterocycles. The van der Waals surface area contributed by atoms with Gasteiger partial charge in [0.05, 0.1) is 0 Å². The summed E-state index contributed by atoms with van der Waals surface area (Å²) in [5.41, 5.74) is 0. The van der Waals surface area contributed by atoms with Crippen LogP contribution in [-0.2, 0) is 0 Å². The van der Waals surface area contributed by atoms with Gasteiger partial charge in [-0.25, -0.2) is 0 Å². The number of hydrogen-bond acceptors (Lipinski definition) is 4. The zero-order valence-corrected chi connectivity index (χ0v) is 5.05. The van der Waals surface area contributed by atoms with Crippen molar-refractivity contribution in [2.75, 3.05) is 0 Å². The lowest BCUT2D eigenvalue weighted by molar-refractivity contribution is 0.312. The number of rotatable bonds is 0. The largest absolute Gasteiger partial charge is 0.379 e. The zero-order chi connectivity index (χ0) is 5.41. The molecule has 8 heavy (non-hydrogen) atoms. The Hall–Kier alpha value is -0.620. The molecule has 0 spiro atoms. The first-order valence-corrected chi connectivity index (χ1v) is 0.765. The monoisotopic (exact) mass is 166 g/mol. The number of hydrogen-bond donors (Lipinski definition) is 2. The summed E-state index contributed by atoms with van der Waals surface area (Å²) in [5.74, 6) is 0. The van der Waals surface area contributed by atoms with Crippen molar-refractivity contribution in [3.05, 3.63) is 9.81 Å². The van der Waals surface area contributed by atoms with Crippen LogP contribution in [0.5, 0.6) is 0 Å². The van der Waals surface area contributed by atoms with Gasteiger partial charge in [-0.05, 0) is 0 Å². The van der Waals surface area contributed by atoms with E-state index in [0.717, 1.165) is 0 Å². The molecule has 0 aromatic heterocycles. The van der Waals surface area contributed by atoms with Gasteiger partial charge in [0.2, 0.25) is 0 Å². The van der Waals surface area contributed by atoms with E-state index in [-0.39, 0.29) is 24.8 Å². The summed E-state index contributed by atoms with van der Waals surface area (Å²) >= 11 is 0. The summed E-state index contributed by atoms with van der Waals surface area (Å²) in [7, 11) is 0. The minimum atomic E-state index is 0. The third kappa shape index (κ3) is 269. The van der Waals surface area contributed by atoms with Crippen LogP contribution >= 0.6 is 24.8 Å². The molecule has 8 heteroatoms. The third-order valence-electron chi connectivity index (χ3n) is 0. The van der Waals surface area contributed by atoms with E-state index in [4.69, 9.17) is 20.2 Å². The van der Waals surface area contributed by atoms with Crippen molar-refractivity contribution in [1.82, 2.24) is 0 Å². The Morgan fingerprint density at radius 2 is 0.875 bits per heavy atom. The smallest absolute Gasteiger partial charge is 0.152 e. The summed E-state index contributed by atoms with van der Waals surface area (Å²) in [5, 5.41) is 15.8. The summed E-state index contributed by atoms with van der Waals surface area (Å²) < 4.78 is 0. The van der Waals surface area contributed by atoms with Gasteiger partial charge >= 0.3 is 0 Å². The highest BCUT2D eigenvalue weighted by Gasteiger charge is 1.18. The van der Waals surface area contributed by atoms with Crippen LogP contribution in [0.1, 0.15) is 0 Å². The van der Waals surface area contributed by atoms with Crippen molar-refractivity contribution in [3.8, 4) is 0 Å². The molecule has 0 amide bonds. The molecule has 52 valence electrons. The average Bonchev–Trinajstić information content (AvgIpc) is 1.39. The van der Waals surface area contributed by atoms with Crippen molar-refractivity contribution in [2.24, 2.45) is 10.7 Å². The van der Waals surface area contributed by atoms with Crippen molar-refractivity contribution in [1.29, 1.82) is 0 Å². The molecular formula is H4Cl2N2O4. The maximum atomic E-state index is 8.11. The van der Waals surface area contributed by atoms with Gasteiger partial charge in [0.1, 0.15) is 0 Å². The van der Waals surface area contributed by atoms with E-state index in [1.807, 2.05) is 0 Å². The Morgan fingerprint density at radius 1 is 0.875 bits per heavy atom. The fourth-order valence-electron chi connectivity index (χ4n) is 0. The van der Waals surface area contributed by atoms with Gasteiger partial charge in [-0.2, -0.15) is 0 Å². The van der Waals surface area contributed by atoms with E-state index in [1.165, 1.54) is 10.7 Å². The second-order valence-electron chi connectivity index (χ2n) is 0.163. The average molecular weight is 167 g/mol. The van der Waals surface area contributed by atoms with Gasteiger partial charge < -0.3 is 10.4 Å². The van der Waals surface area contributed by atoms with Crippen LogP contribution in [0.25, 0.3) is 0 Å². The van der Waals surface area contributed by atoms with Crippen LogP contribution in [0, 0.1) is 9.81 Å². The first-order valence-electron chi connectivity index (χ1n) is 0.765. The summed E-state index contributed by atoms with van der Waals surface area (Å²) in [4.78, 5) is 16.2. The second-order valence-corrected chi connectivity index (χ2v) is 0.163. The SMILES string of the molecule is Cl.Cl.O=NO.O=NO. The molecule has 0 saturated carbocycles. The van der Waals surface area contributed by atoms with Gasteiger partial charge in [0.25, 0.3) is 0 Å². The van der Waals surface area contributed by atoms with Crippen LogP contribution in [-0.4, -0.2) is 10.4 Å². The Balaban J connectivity index is -0.0000000160. The molecule has 0 unspecified atom stereocenters. The number of nitrogens with zero attached hydrogens (tertiary/aromatic N) is 2. The fourth-order valence-corrected chi connectivity index (χ4v) is 0. The lowest BCUT2D eigenvalue weighted by Gasteiger charge is -1.32. The molecule has 0 saturated heterocycles. The molecule has 2 N–H and O–H groups in total. The molecule has 0 aliphatic carbocycles. The minimum absolute atomic E-state index is 0. The van der Waals surface area contributed by atoms with E-state index in [0.29, 0.717) is 0 Å². The minimum Gasteiger partial charge on any atom is -0.379 e. The second kappa shape index (κ2) is 97.0. The molecule has 0 atom stereocenters. The molecule has 0 aliphatic heterocycles. The van der Waals surface area contributed by atoms with E-state index in [1.54, 1.807) is 0 Å². The van der Waals surface area contributed by atoms with Crippen LogP contribution in [0.4, 0.5) is 0 Å². The normalized spacial score (nSPS) is 3.00. The Bertz CT molecular complexity index is 33.0. The summed E-state index contributed by atoms with van der Waals surface area (Å²) in [6, 6.07) is 0.